The molecule has 2 N–H and O–H groups in total. The summed E-state index contributed by atoms with van der Waals surface area (Å²) in [5.74, 6) is -1.08. The highest BCUT2D eigenvalue weighted by atomic mass is 35.5. The SMILES string of the molecule is NC(=O)C1CC(=O)N(Cc2ccc(Cl)cc2)C(=Nc2cccc(C(F)(F)F)c2)S1. The molecule has 1 atom stereocenters. The number of amidine groups is 1. The van der Waals surface area contributed by atoms with E-state index in [1.807, 2.05) is 0 Å². The largest absolute Gasteiger partial charge is 0.416 e. The number of benzene rings is 2. The van der Waals surface area contributed by atoms with Crippen LogP contribution in [0.25, 0.3) is 0 Å². The molecule has 1 aliphatic heterocycles. The van der Waals surface area contributed by atoms with Gasteiger partial charge in [-0.25, -0.2) is 4.99 Å². The van der Waals surface area contributed by atoms with Crippen molar-refractivity contribution in [1.29, 1.82) is 0 Å². The van der Waals surface area contributed by atoms with Crippen molar-refractivity contribution < 1.29 is 22.8 Å². The number of amides is 2. The highest BCUT2D eigenvalue weighted by molar-refractivity contribution is 8.15. The molecule has 29 heavy (non-hydrogen) atoms. The van der Waals surface area contributed by atoms with Crippen LogP contribution in [0.15, 0.2) is 53.5 Å². The van der Waals surface area contributed by atoms with Crippen LogP contribution in [-0.4, -0.2) is 27.1 Å². The smallest absolute Gasteiger partial charge is 0.369 e. The van der Waals surface area contributed by atoms with Crippen molar-refractivity contribution in [2.45, 2.75) is 24.4 Å². The van der Waals surface area contributed by atoms with E-state index in [1.165, 1.54) is 17.0 Å². The molecule has 1 heterocycles. The minimum Gasteiger partial charge on any atom is -0.369 e. The van der Waals surface area contributed by atoms with Crippen molar-refractivity contribution in [2.75, 3.05) is 0 Å². The summed E-state index contributed by atoms with van der Waals surface area (Å²) < 4.78 is 38.9. The second-order valence-corrected chi connectivity index (χ2v) is 7.87. The summed E-state index contributed by atoms with van der Waals surface area (Å²) in [5, 5.41) is -0.201. The second-order valence-electron chi connectivity index (χ2n) is 6.26. The molecule has 152 valence electrons. The number of carbonyl (C=O) groups is 2. The number of hydrogen-bond donors (Lipinski definition) is 1. The van der Waals surface area contributed by atoms with Crippen LogP contribution in [0.5, 0.6) is 0 Å². The molecular weight excluding hydrogens is 427 g/mol. The lowest BCUT2D eigenvalue weighted by molar-refractivity contribution is -0.137. The molecule has 0 bridgehead atoms. The van der Waals surface area contributed by atoms with E-state index < -0.39 is 28.8 Å². The maximum absolute atomic E-state index is 13.0. The lowest BCUT2D eigenvalue weighted by Gasteiger charge is -2.31. The van der Waals surface area contributed by atoms with Crippen LogP contribution in [0.2, 0.25) is 5.02 Å². The van der Waals surface area contributed by atoms with Crippen molar-refractivity contribution >= 4 is 46.0 Å². The van der Waals surface area contributed by atoms with E-state index in [1.54, 1.807) is 24.3 Å². The van der Waals surface area contributed by atoms with Gasteiger partial charge in [-0.1, -0.05) is 41.6 Å². The summed E-state index contributed by atoms with van der Waals surface area (Å²) in [6.45, 7) is 0.131. The van der Waals surface area contributed by atoms with Gasteiger partial charge in [0, 0.05) is 11.4 Å². The van der Waals surface area contributed by atoms with E-state index in [-0.39, 0.29) is 23.8 Å². The van der Waals surface area contributed by atoms with E-state index in [2.05, 4.69) is 4.99 Å². The Balaban J connectivity index is 1.97. The fourth-order valence-electron chi connectivity index (χ4n) is 2.64. The summed E-state index contributed by atoms with van der Waals surface area (Å²) in [7, 11) is 0. The van der Waals surface area contributed by atoms with Crippen LogP contribution < -0.4 is 5.73 Å². The summed E-state index contributed by atoms with van der Waals surface area (Å²) in [5.41, 5.74) is 5.24. The number of aliphatic imine (C=N–C) groups is 1. The van der Waals surface area contributed by atoms with E-state index in [9.17, 15) is 22.8 Å². The first-order valence-electron chi connectivity index (χ1n) is 8.40. The lowest BCUT2D eigenvalue weighted by atomic mass is 10.2. The van der Waals surface area contributed by atoms with Crippen molar-refractivity contribution in [3.63, 3.8) is 0 Å². The zero-order chi connectivity index (χ0) is 21.2. The number of primary amides is 1. The average Bonchev–Trinajstić information content (AvgIpc) is 2.65. The van der Waals surface area contributed by atoms with Crippen molar-refractivity contribution in [2.24, 2.45) is 10.7 Å². The van der Waals surface area contributed by atoms with Crippen LogP contribution in [0, 0.1) is 0 Å². The fourth-order valence-corrected chi connectivity index (χ4v) is 3.82. The number of hydrogen-bond acceptors (Lipinski definition) is 4. The van der Waals surface area contributed by atoms with E-state index >= 15 is 0 Å². The maximum Gasteiger partial charge on any atom is 0.416 e. The first-order valence-corrected chi connectivity index (χ1v) is 9.66. The Kier molecular flexibility index (Phi) is 6.18. The Labute approximate surface area is 173 Å². The Morgan fingerprint density at radius 3 is 2.55 bits per heavy atom. The predicted molar refractivity (Wildman–Crippen MR) is 106 cm³/mol. The van der Waals surface area contributed by atoms with E-state index in [0.717, 1.165) is 29.5 Å². The van der Waals surface area contributed by atoms with Gasteiger partial charge < -0.3 is 5.73 Å². The molecule has 0 aromatic heterocycles. The van der Waals surface area contributed by atoms with E-state index in [4.69, 9.17) is 17.3 Å². The molecule has 1 fully saturated rings. The topological polar surface area (TPSA) is 75.8 Å². The molecule has 1 aliphatic rings. The van der Waals surface area contributed by atoms with Crippen LogP contribution in [0.4, 0.5) is 18.9 Å². The van der Waals surface area contributed by atoms with Gasteiger partial charge in [-0.2, -0.15) is 13.2 Å². The molecule has 0 spiro atoms. The van der Waals surface area contributed by atoms with Crippen molar-refractivity contribution in [3.05, 3.63) is 64.7 Å². The summed E-state index contributed by atoms with van der Waals surface area (Å²) >= 11 is 6.83. The first-order chi connectivity index (χ1) is 13.6. The molecule has 0 saturated carbocycles. The fraction of sp³-hybridized carbons (Fsp3) is 0.211. The standard InChI is InChI=1S/C19H15ClF3N3O2S/c20-13-6-4-11(5-7-13)10-26-16(27)9-15(17(24)28)29-18(26)25-14-3-1-2-12(8-14)19(21,22)23/h1-8,15H,9-10H2,(H2,24,28). The van der Waals surface area contributed by atoms with Crippen LogP contribution in [0.3, 0.4) is 0 Å². The Morgan fingerprint density at radius 2 is 1.93 bits per heavy atom. The van der Waals surface area contributed by atoms with E-state index in [0.29, 0.717) is 5.02 Å². The van der Waals surface area contributed by atoms with Gasteiger partial charge in [0.25, 0.3) is 0 Å². The predicted octanol–water partition coefficient (Wildman–Crippen LogP) is 4.37. The molecule has 5 nitrogen and oxygen atoms in total. The van der Waals surface area contributed by atoms with Gasteiger partial charge in [0.15, 0.2) is 5.17 Å². The third-order valence-electron chi connectivity index (χ3n) is 4.11. The molecule has 0 aliphatic carbocycles. The summed E-state index contributed by atoms with van der Waals surface area (Å²) in [6.07, 6.45) is -4.64. The molecule has 3 rings (SSSR count). The van der Waals surface area contributed by atoms with Crippen LogP contribution in [-0.2, 0) is 22.3 Å². The van der Waals surface area contributed by atoms with Gasteiger partial charge in [0.05, 0.1) is 23.0 Å². The first kappa shape index (κ1) is 21.2. The van der Waals surface area contributed by atoms with Crippen LogP contribution in [0.1, 0.15) is 17.5 Å². The number of rotatable bonds is 4. The number of nitrogens with two attached hydrogens (primary N) is 1. The number of halogens is 4. The van der Waals surface area contributed by atoms with Crippen molar-refractivity contribution in [3.8, 4) is 0 Å². The number of carbonyl (C=O) groups excluding carboxylic acids is 2. The number of alkyl halides is 3. The summed E-state index contributed by atoms with van der Waals surface area (Å²) in [4.78, 5) is 29.8. The third-order valence-corrected chi connectivity index (χ3v) is 5.57. The second kappa shape index (κ2) is 8.46. The Bertz CT molecular complexity index is 964. The molecule has 2 aromatic carbocycles. The number of nitrogens with zero attached hydrogens (tertiary/aromatic N) is 2. The lowest BCUT2D eigenvalue weighted by Crippen LogP contribution is -2.45. The molecule has 2 amide bonds. The zero-order valence-corrected chi connectivity index (χ0v) is 16.4. The van der Waals surface area contributed by atoms with Gasteiger partial charge in [-0.15, -0.1) is 0 Å². The quantitative estimate of drug-likeness (QED) is 0.765. The summed E-state index contributed by atoms with van der Waals surface area (Å²) in [6, 6.07) is 11.2. The average molecular weight is 442 g/mol. The zero-order valence-electron chi connectivity index (χ0n) is 14.8. The van der Waals surface area contributed by atoms with Gasteiger partial charge in [-0.05, 0) is 35.9 Å². The number of thioether (sulfide) groups is 1. The Hall–Kier alpha value is -2.52. The molecular formula is C19H15ClF3N3O2S. The van der Waals surface area contributed by atoms with Gasteiger partial charge >= 0.3 is 6.18 Å². The molecule has 2 aromatic rings. The normalized spacial score (nSPS) is 18.9. The molecule has 1 unspecified atom stereocenters. The van der Waals surface area contributed by atoms with Gasteiger partial charge in [0.2, 0.25) is 11.8 Å². The molecule has 1 saturated heterocycles. The van der Waals surface area contributed by atoms with Gasteiger partial charge in [0.1, 0.15) is 0 Å². The van der Waals surface area contributed by atoms with Gasteiger partial charge in [-0.3, -0.25) is 14.5 Å². The monoisotopic (exact) mass is 441 g/mol. The Morgan fingerprint density at radius 1 is 1.24 bits per heavy atom. The molecule has 10 heteroatoms. The highest BCUT2D eigenvalue weighted by Gasteiger charge is 2.35. The maximum atomic E-state index is 13.0. The molecule has 0 radical (unpaired) electrons. The minimum absolute atomic E-state index is 0.0151. The minimum atomic E-state index is -4.52. The third kappa shape index (κ3) is 5.30. The van der Waals surface area contributed by atoms with Crippen molar-refractivity contribution in [1.82, 2.24) is 4.90 Å². The van der Waals surface area contributed by atoms with Crippen LogP contribution >= 0.6 is 23.4 Å². The highest BCUT2D eigenvalue weighted by Crippen LogP contribution is 2.34.